The second kappa shape index (κ2) is 5.71. The Balaban J connectivity index is 2.23. The van der Waals surface area contributed by atoms with Gasteiger partial charge in [-0.3, -0.25) is 4.79 Å². The summed E-state index contributed by atoms with van der Waals surface area (Å²) in [5.74, 6) is -0.422. The van der Waals surface area contributed by atoms with Gasteiger partial charge in [0.05, 0.1) is 5.56 Å². The van der Waals surface area contributed by atoms with Crippen molar-refractivity contribution in [3.63, 3.8) is 0 Å². The average Bonchev–Trinajstić information content (AvgIpc) is 2.42. The van der Waals surface area contributed by atoms with Gasteiger partial charge in [0.25, 0.3) is 5.91 Å². The van der Waals surface area contributed by atoms with Crippen LogP contribution >= 0.6 is 0 Å². The van der Waals surface area contributed by atoms with Gasteiger partial charge in [-0.2, -0.15) is 13.2 Å². The van der Waals surface area contributed by atoms with Gasteiger partial charge in [0, 0.05) is 16.9 Å². The zero-order valence-electron chi connectivity index (χ0n) is 12.1. The van der Waals surface area contributed by atoms with E-state index in [1.807, 2.05) is 6.92 Å². The zero-order valence-corrected chi connectivity index (χ0v) is 12.1. The lowest BCUT2D eigenvalue weighted by molar-refractivity contribution is -0.137. The highest BCUT2D eigenvalue weighted by atomic mass is 19.4. The summed E-state index contributed by atoms with van der Waals surface area (Å²) in [5.41, 5.74) is 7.35. The Labute approximate surface area is 125 Å². The third-order valence-corrected chi connectivity index (χ3v) is 3.34. The van der Waals surface area contributed by atoms with Crippen molar-refractivity contribution in [1.82, 2.24) is 0 Å². The number of rotatable bonds is 2. The molecule has 0 aliphatic heterocycles. The highest BCUT2D eigenvalue weighted by Gasteiger charge is 2.30. The highest BCUT2D eigenvalue weighted by molar-refractivity contribution is 6.05. The number of nitrogen functional groups attached to an aromatic ring is 1. The first-order valence-corrected chi connectivity index (χ1v) is 6.54. The molecule has 0 saturated heterocycles. The number of nitrogens with two attached hydrogens (primary N) is 1. The standard InChI is InChI=1S/C16H15F3N2O/c1-9-3-4-11(8-13(9)20)15(22)21-14-6-5-12(7-10(14)2)16(17,18)19/h3-8H,20H2,1-2H3,(H,21,22). The molecule has 2 aromatic rings. The van der Waals surface area contributed by atoms with E-state index < -0.39 is 17.6 Å². The predicted molar refractivity (Wildman–Crippen MR) is 79.7 cm³/mol. The molecule has 3 nitrogen and oxygen atoms in total. The van der Waals surface area contributed by atoms with E-state index in [0.717, 1.165) is 17.7 Å². The Hall–Kier alpha value is -2.50. The monoisotopic (exact) mass is 308 g/mol. The Bertz CT molecular complexity index is 724. The minimum absolute atomic E-state index is 0.331. The lowest BCUT2D eigenvalue weighted by Gasteiger charge is -2.12. The molecule has 0 aliphatic rings. The van der Waals surface area contributed by atoms with Gasteiger partial charge >= 0.3 is 6.18 Å². The van der Waals surface area contributed by atoms with Crippen LogP contribution in [-0.4, -0.2) is 5.91 Å². The first-order valence-electron chi connectivity index (χ1n) is 6.54. The van der Waals surface area contributed by atoms with Crippen LogP contribution < -0.4 is 11.1 Å². The van der Waals surface area contributed by atoms with Crippen molar-refractivity contribution >= 4 is 17.3 Å². The van der Waals surface area contributed by atoms with Crippen molar-refractivity contribution in [3.05, 3.63) is 58.7 Å². The number of benzene rings is 2. The fourth-order valence-corrected chi connectivity index (χ4v) is 1.96. The summed E-state index contributed by atoms with van der Waals surface area (Å²) in [4.78, 5) is 12.1. The summed E-state index contributed by atoms with van der Waals surface area (Å²) in [5, 5.41) is 2.59. The Kier molecular flexibility index (Phi) is 4.12. The normalized spacial score (nSPS) is 11.3. The van der Waals surface area contributed by atoms with E-state index in [2.05, 4.69) is 5.32 Å². The van der Waals surface area contributed by atoms with Crippen molar-refractivity contribution in [3.8, 4) is 0 Å². The van der Waals surface area contributed by atoms with Crippen molar-refractivity contribution < 1.29 is 18.0 Å². The number of hydrogen-bond acceptors (Lipinski definition) is 2. The zero-order chi connectivity index (χ0) is 16.5. The SMILES string of the molecule is Cc1ccc(C(=O)Nc2ccc(C(F)(F)F)cc2C)cc1N. The molecule has 2 aromatic carbocycles. The molecule has 0 radical (unpaired) electrons. The number of carbonyl (C=O) groups excluding carboxylic acids is 1. The number of aryl methyl sites for hydroxylation is 2. The summed E-state index contributed by atoms with van der Waals surface area (Å²) in [6.07, 6.45) is -4.40. The van der Waals surface area contributed by atoms with Crippen LogP contribution in [0.1, 0.15) is 27.0 Å². The third-order valence-electron chi connectivity index (χ3n) is 3.34. The summed E-state index contributed by atoms with van der Waals surface area (Å²) in [6, 6.07) is 8.03. The molecule has 0 aromatic heterocycles. The smallest absolute Gasteiger partial charge is 0.398 e. The fraction of sp³-hybridized carbons (Fsp3) is 0.188. The lowest BCUT2D eigenvalue weighted by Crippen LogP contribution is -2.14. The molecular weight excluding hydrogens is 293 g/mol. The van der Waals surface area contributed by atoms with Crippen molar-refractivity contribution in [2.45, 2.75) is 20.0 Å². The number of anilines is 2. The van der Waals surface area contributed by atoms with Crippen LogP contribution in [0, 0.1) is 13.8 Å². The van der Waals surface area contributed by atoms with Crippen LogP contribution in [0.2, 0.25) is 0 Å². The van der Waals surface area contributed by atoms with E-state index in [0.29, 0.717) is 22.5 Å². The second-order valence-electron chi connectivity index (χ2n) is 5.05. The molecule has 0 atom stereocenters. The van der Waals surface area contributed by atoms with Gasteiger partial charge in [0.2, 0.25) is 0 Å². The molecule has 0 aliphatic carbocycles. The number of hydrogen-bond donors (Lipinski definition) is 2. The number of carbonyl (C=O) groups is 1. The molecule has 116 valence electrons. The van der Waals surface area contributed by atoms with Crippen LogP contribution in [-0.2, 0) is 6.18 Å². The second-order valence-corrected chi connectivity index (χ2v) is 5.05. The maximum absolute atomic E-state index is 12.6. The molecule has 0 spiro atoms. The van der Waals surface area contributed by atoms with E-state index in [9.17, 15) is 18.0 Å². The molecule has 0 bridgehead atoms. The molecular formula is C16H15F3N2O. The van der Waals surface area contributed by atoms with Gasteiger partial charge in [0.15, 0.2) is 0 Å². The topological polar surface area (TPSA) is 55.1 Å². The largest absolute Gasteiger partial charge is 0.416 e. The molecule has 0 saturated carbocycles. The Morgan fingerprint density at radius 3 is 2.27 bits per heavy atom. The van der Waals surface area contributed by atoms with E-state index >= 15 is 0 Å². The molecule has 22 heavy (non-hydrogen) atoms. The summed E-state index contributed by atoms with van der Waals surface area (Å²) in [6.45, 7) is 3.32. The van der Waals surface area contributed by atoms with Crippen LogP contribution in [0.15, 0.2) is 36.4 Å². The average molecular weight is 308 g/mol. The number of alkyl halides is 3. The lowest BCUT2D eigenvalue weighted by atomic mass is 10.1. The van der Waals surface area contributed by atoms with Gasteiger partial charge < -0.3 is 11.1 Å². The van der Waals surface area contributed by atoms with E-state index in [-0.39, 0.29) is 0 Å². The van der Waals surface area contributed by atoms with Crippen LogP contribution in [0.3, 0.4) is 0 Å². The first-order chi connectivity index (χ1) is 10.2. The van der Waals surface area contributed by atoms with E-state index in [1.165, 1.54) is 19.1 Å². The first kappa shape index (κ1) is 15.9. The third kappa shape index (κ3) is 3.39. The minimum atomic E-state index is -4.40. The summed E-state index contributed by atoms with van der Waals surface area (Å²) < 4.78 is 37.8. The minimum Gasteiger partial charge on any atom is -0.398 e. The maximum Gasteiger partial charge on any atom is 0.416 e. The van der Waals surface area contributed by atoms with Crippen molar-refractivity contribution in [2.24, 2.45) is 0 Å². The molecule has 1 amide bonds. The predicted octanol–water partition coefficient (Wildman–Crippen LogP) is 4.16. The van der Waals surface area contributed by atoms with E-state index in [1.54, 1.807) is 12.1 Å². The van der Waals surface area contributed by atoms with E-state index in [4.69, 9.17) is 5.73 Å². The quantitative estimate of drug-likeness (QED) is 0.819. The highest BCUT2D eigenvalue weighted by Crippen LogP contribution is 2.31. The molecule has 0 unspecified atom stereocenters. The molecule has 2 rings (SSSR count). The summed E-state index contributed by atoms with van der Waals surface area (Å²) >= 11 is 0. The number of halogens is 3. The van der Waals surface area contributed by atoms with Crippen LogP contribution in [0.5, 0.6) is 0 Å². The Morgan fingerprint density at radius 2 is 1.73 bits per heavy atom. The molecule has 0 fully saturated rings. The summed E-state index contributed by atoms with van der Waals surface area (Å²) in [7, 11) is 0. The van der Waals surface area contributed by atoms with Crippen LogP contribution in [0.25, 0.3) is 0 Å². The van der Waals surface area contributed by atoms with Crippen molar-refractivity contribution in [2.75, 3.05) is 11.1 Å². The van der Waals surface area contributed by atoms with Crippen LogP contribution in [0.4, 0.5) is 24.5 Å². The van der Waals surface area contributed by atoms with Gasteiger partial charge in [-0.15, -0.1) is 0 Å². The van der Waals surface area contributed by atoms with Gasteiger partial charge in [-0.1, -0.05) is 6.07 Å². The fourth-order valence-electron chi connectivity index (χ4n) is 1.96. The number of nitrogens with one attached hydrogen (secondary N) is 1. The maximum atomic E-state index is 12.6. The molecule has 6 heteroatoms. The van der Waals surface area contributed by atoms with Crippen molar-refractivity contribution in [1.29, 1.82) is 0 Å². The Morgan fingerprint density at radius 1 is 1.05 bits per heavy atom. The molecule has 0 heterocycles. The van der Waals surface area contributed by atoms with Gasteiger partial charge in [0.1, 0.15) is 0 Å². The van der Waals surface area contributed by atoms with Gasteiger partial charge in [-0.05, 0) is 55.3 Å². The number of amides is 1. The van der Waals surface area contributed by atoms with Gasteiger partial charge in [-0.25, -0.2) is 0 Å². The molecule has 3 N–H and O–H groups in total.